The Balaban J connectivity index is 1.45. The predicted octanol–water partition coefficient (Wildman–Crippen LogP) is 7.21. The van der Waals surface area contributed by atoms with Crippen molar-refractivity contribution in [3.8, 4) is 11.1 Å². The van der Waals surface area contributed by atoms with E-state index in [-0.39, 0.29) is 35.3 Å². The van der Waals surface area contributed by atoms with Crippen LogP contribution in [0.3, 0.4) is 0 Å². The van der Waals surface area contributed by atoms with Gasteiger partial charge in [0, 0.05) is 64.7 Å². The van der Waals surface area contributed by atoms with Crippen molar-refractivity contribution in [1.82, 2.24) is 19.7 Å². The summed E-state index contributed by atoms with van der Waals surface area (Å²) in [5.74, 6) is -1.01. The minimum atomic E-state index is -0.575. The Bertz CT molecular complexity index is 1800. The summed E-state index contributed by atoms with van der Waals surface area (Å²) in [5.41, 5.74) is 6.62. The molecule has 0 unspecified atom stereocenters. The van der Waals surface area contributed by atoms with Crippen molar-refractivity contribution in [2.75, 3.05) is 38.8 Å². The molecule has 284 valence electrons. The minimum Gasteiger partial charge on any atom is -0.383 e. The number of likely N-dealkylation sites (N-methyl/N-ethyl adjacent to an activating group) is 2. The van der Waals surface area contributed by atoms with Crippen molar-refractivity contribution in [2.24, 2.45) is 4.99 Å². The van der Waals surface area contributed by atoms with E-state index < -0.39 is 5.83 Å². The molecule has 0 radical (unpaired) electrons. The Kier molecular flexibility index (Phi) is 15.0. The molecule has 1 aromatic heterocycles. The van der Waals surface area contributed by atoms with E-state index in [2.05, 4.69) is 40.8 Å². The van der Waals surface area contributed by atoms with Crippen LogP contribution in [0.5, 0.6) is 0 Å². The summed E-state index contributed by atoms with van der Waals surface area (Å²) < 4.78 is 20.9. The lowest BCUT2D eigenvalue weighted by molar-refractivity contribution is -0.128. The number of ether oxygens (including phenoxy) is 1. The number of anilines is 1. The summed E-state index contributed by atoms with van der Waals surface area (Å²) in [6.07, 6.45) is 6.75. The van der Waals surface area contributed by atoms with Gasteiger partial charge in [-0.3, -0.25) is 28.8 Å². The van der Waals surface area contributed by atoms with Gasteiger partial charge >= 0.3 is 0 Å². The van der Waals surface area contributed by atoms with Crippen LogP contribution in [-0.2, 0) is 27.4 Å². The molecule has 1 heterocycles. The molecule has 0 spiro atoms. The molecule has 2 amide bonds. The topological polar surface area (TPSA) is 99.5 Å². The van der Waals surface area contributed by atoms with Crippen LogP contribution in [-0.4, -0.2) is 84.4 Å². The number of aliphatic imine (C=N–C) groups is 1. The molecule has 11 heteroatoms. The maximum atomic E-state index is 14.0. The molecular weight excluding hydrogens is 671 g/mol. The average Bonchev–Trinajstić information content (AvgIpc) is 3.46. The smallest absolute Gasteiger partial charge is 0.257 e. The summed E-state index contributed by atoms with van der Waals surface area (Å²) in [6, 6.07) is 15.9. The standard InChI is InChI=1S/C42H55FN6O4/c1-9-47(21-22-53-8)26-34-13-15-35(16-14-34)36-11-10-12-40(23-36)49(28-50)41(45-24-29(2)43)31(4)42(52)46(7)39-19-17-38(18-20-39)44-25-37-27-48(33(6)51)32(5)30(37)3/h10-16,23-24,27-28,38-39,44H,4,9,17-22,25-26H2,1-3,5-8H3/b29-24+,45-41?. The molecular formula is C42H55FN6O4. The number of nitrogens with zero attached hydrogens (tertiary/aromatic N) is 5. The predicted molar refractivity (Wildman–Crippen MR) is 211 cm³/mol. The molecule has 1 aliphatic carbocycles. The van der Waals surface area contributed by atoms with Gasteiger partial charge in [-0.1, -0.05) is 49.9 Å². The second-order valence-corrected chi connectivity index (χ2v) is 13.8. The maximum absolute atomic E-state index is 14.0. The van der Waals surface area contributed by atoms with Crippen LogP contribution >= 0.6 is 0 Å². The van der Waals surface area contributed by atoms with E-state index in [9.17, 15) is 18.8 Å². The second kappa shape index (κ2) is 19.4. The molecule has 3 aromatic rings. The van der Waals surface area contributed by atoms with Crippen LogP contribution in [0.1, 0.15) is 73.6 Å². The summed E-state index contributed by atoms with van der Waals surface area (Å²) in [4.78, 5) is 48.0. The number of halogens is 1. The van der Waals surface area contributed by atoms with Crippen molar-refractivity contribution in [2.45, 2.75) is 85.5 Å². The number of carbonyl (C=O) groups excluding carboxylic acids is 3. The first kappa shape index (κ1) is 41.1. The molecule has 1 saturated carbocycles. The maximum Gasteiger partial charge on any atom is 0.257 e. The van der Waals surface area contributed by atoms with E-state index in [4.69, 9.17) is 4.74 Å². The van der Waals surface area contributed by atoms with Crippen molar-refractivity contribution >= 4 is 29.7 Å². The van der Waals surface area contributed by atoms with Gasteiger partial charge in [-0.15, -0.1) is 0 Å². The molecule has 0 bridgehead atoms. The first-order chi connectivity index (χ1) is 25.4. The van der Waals surface area contributed by atoms with E-state index in [1.165, 1.54) is 17.4 Å². The average molecular weight is 727 g/mol. The first-order valence-electron chi connectivity index (χ1n) is 18.3. The fraction of sp³-hybridized carbons (Fsp3) is 0.429. The summed E-state index contributed by atoms with van der Waals surface area (Å²) >= 11 is 0. The lowest BCUT2D eigenvalue weighted by atomic mass is 9.90. The van der Waals surface area contributed by atoms with E-state index in [0.29, 0.717) is 25.2 Å². The van der Waals surface area contributed by atoms with Crippen molar-refractivity contribution in [3.05, 3.63) is 101 Å². The molecule has 1 N–H and O–H groups in total. The van der Waals surface area contributed by atoms with E-state index in [0.717, 1.165) is 79.5 Å². The number of methoxy groups -OCH3 is 1. The van der Waals surface area contributed by atoms with Crippen LogP contribution in [0, 0.1) is 13.8 Å². The minimum absolute atomic E-state index is 0.00439. The van der Waals surface area contributed by atoms with Crippen LogP contribution in [0.2, 0.25) is 0 Å². The van der Waals surface area contributed by atoms with Crippen molar-refractivity contribution in [1.29, 1.82) is 0 Å². The summed E-state index contributed by atoms with van der Waals surface area (Å²) in [6.45, 7) is 16.9. The van der Waals surface area contributed by atoms with Gasteiger partial charge in [-0.25, -0.2) is 9.38 Å². The number of amides is 2. The number of carbonyl (C=O) groups is 3. The van der Waals surface area contributed by atoms with Gasteiger partial charge in [0.1, 0.15) is 5.83 Å². The van der Waals surface area contributed by atoms with Crippen LogP contribution in [0.15, 0.2) is 83.9 Å². The van der Waals surface area contributed by atoms with Crippen LogP contribution < -0.4 is 10.2 Å². The zero-order chi connectivity index (χ0) is 38.7. The lowest BCUT2D eigenvalue weighted by Gasteiger charge is -2.36. The van der Waals surface area contributed by atoms with Crippen molar-refractivity contribution in [3.63, 3.8) is 0 Å². The Morgan fingerprint density at radius 2 is 1.77 bits per heavy atom. The number of aromatic nitrogens is 1. The quantitative estimate of drug-likeness (QED) is 0.0726. The highest BCUT2D eigenvalue weighted by Crippen LogP contribution is 2.28. The number of rotatable bonds is 16. The van der Waals surface area contributed by atoms with E-state index in [1.54, 1.807) is 36.6 Å². The molecule has 4 rings (SSSR count). The number of amidine groups is 1. The largest absolute Gasteiger partial charge is 0.383 e. The Hall–Kier alpha value is -4.71. The Labute approximate surface area is 314 Å². The second-order valence-electron chi connectivity index (χ2n) is 13.8. The number of hydrogen-bond donors (Lipinski definition) is 1. The third-order valence-corrected chi connectivity index (χ3v) is 10.3. The van der Waals surface area contributed by atoms with E-state index >= 15 is 0 Å². The van der Waals surface area contributed by atoms with Crippen LogP contribution in [0.25, 0.3) is 11.1 Å². The number of allylic oxidation sites excluding steroid dienone is 1. The molecule has 0 saturated heterocycles. The zero-order valence-electron chi connectivity index (χ0n) is 32.3. The van der Waals surface area contributed by atoms with Gasteiger partial charge < -0.3 is 15.0 Å². The van der Waals surface area contributed by atoms with Gasteiger partial charge in [0.2, 0.25) is 12.3 Å². The molecule has 0 aliphatic heterocycles. The van der Waals surface area contributed by atoms with E-state index in [1.807, 2.05) is 50.4 Å². The summed E-state index contributed by atoms with van der Waals surface area (Å²) in [7, 11) is 3.44. The van der Waals surface area contributed by atoms with Gasteiger partial charge in [-0.2, -0.15) is 0 Å². The molecule has 2 aromatic carbocycles. The lowest BCUT2D eigenvalue weighted by Crippen LogP contribution is -2.45. The number of hydrogen-bond acceptors (Lipinski definition) is 7. The van der Waals surface area contributed by atoms with Crippen LogP contribution in [0.4, 0.5) is 10.1 Å². The fourth-order valence-electron chi connectivity index (χ4n) is 6.80. The van der Waals surface area contributed by atoms with Gasteiger partial charge in [0.15, 0.2) is 5.84 Å². The molecule has 0 atom stereocenters. The zero-order valence-corrected chi connectivity index (χ0v) is 32.3. The molecule has 1 fully saturated rings. The Morgan fingerprint density at radius 1 is 1.08 bits per heavy atom. The summed E-state index contributed by atoms with van der Waals surface area (Å²) in [5, 5.41) is 3.63. The third-order valence-electron chi connectivity index (χ3n) is 10.3. The monoisotopic (exact) mass is 726 g/mol. The SMILES string of the molecule is C=C(C(=O)N(C)C1CCC(NCc2cn(C(C)=O)c(C)c2C)CC1)C(=N/C=C(\C)F)N(C=O)c1cccc(-c2ccc(CN(CC)CCOC)cc2)c1. The van der Waals surface area contributed by atoms with Gasteiger partial charge in [0.25, 0.3) is 5.91 Å². The van der Waals surface area contributed by atoms with Gasteiger partial charge in [0.05, 0.1) is 24.1 Å². The normalized spacial score (nSPS) is 16.5. The van der Waals surface area contributed by atoms with Crippen molar-refractivity contribution < 1.29 is 23.5 Å². The van der Waals surface area contributed by atoms with Gasteiger partial charge in [-0.05, 0) is 92.9 Å². The number of benzene rings is 2. The number of nitrogens with one attached hydrogen (secondary N) is 1. The Morgan fingerprint density at radius 3 is 2.36 bits per heavy atom. The highest BCUT2D eigenvalue weighted by atomic mass is 19.1. The fourth-order valence-corrected chi connectivity index (χ4v) is 6.80. The third kappa shape index (κ3) is 10.7. The highest BCUT2D eigenvalue weighted by molar-refractivity contribution is 6.30. The molecule has 1 aliphatic rings. The molecule has 10 nitrogen and oxygen atoms in total. The first-order valence-corrected chi connectivity index (χ1v) is 18.3. The molecule has 53 heavy (non-hydrogen) atoms. The highest BCUT2D eigenvalue weighted by Gasteiger charge is 2.30.